The molecule has 0 radical (unpaired) electrons. The molecule has 4 nitrogen and oxygen atoms in total. The van der Waals surface area contributed by atoms with Gasteiger partial charge in [0.15, 0.2) is 11.5 Å². The number of ether oxygens (including phenoxy) is 3. The van der Waals surface area contributed by atoms with Crippen molar-refractivity contribution in [2.75, 3.05) is 19.5 Å². The SMILES string of the molecule is COc1ccc(NCc2c(Br)ccc(OC)c2OCc2ccccc2C)cc1. The van der Waals surface area contributed by atoms with Gasteiger partial charge in [0.1, 0.15) is 12.4 Å². The van der Waals surface area contributed by atoms with Crippen LogP contribution in [0.5, 0.6) is 17.2 Å². The molecule has 1 N–H and O–H groups in total. The van der Waals surface area contributed by atoms with Crippen molar-refractivity contribution in [3.8, 4) is 17.2 Å². The Morgan fingerprint density at radius 3 is 2.32 bits per heavy atom. The minimum absolute atomic E-state index is 0.481. The van der Waals surface area contributed by atoms with Crippen LogP contribution in [0.15, 0.2) is 65.1 Å². The van der Waals surface area contributed by atoms with Crippen LogP contribution in [0.2, 0.25) is 0 Å². The second-order valence-electron chi connectivity index (χ2n) is 6.35. The second kappa shape index (κ2) is 9.51. The molecule has 0 bridgehead atoms. The van der Waals surface area contributed by atoms with E-state index in [1.54, 1.807) is 14.2 Å². The van der Waals surface area contributed by atoms with E-state index in [-0.39, 0.29) is 0 Å². The molecule has 0 heterocycles. The predicted molar refractivity (Wildman–Crippen MR) is 117 cm³/mol. The van der Waals surface area contributed by atoms with Gasteiger partial charge in [-0.1, -0.05) is 40.2 Å². The van der Waals surface area contributed by atoms with E-state index in [2.05, 4.69) is 40.3 Å². The lowest BCUT2D eigenvalue weighted by Gasteiger charge is -2.18. The molecule has 0 fully saturated rings. The van der Waals surface area contributed by atoms with Crippen LogP contribution in [0.25, 0.3) is 0 Å². The summed E-state index contributed by atoms with van der Waals surface area (Å²) in [5, 5.41) is 3.43. The largest absolute Gasteiger partial charge is 0.497 e. The molecule has 0 amide bonds. The predicted octanol–water partition coefficient (Wildman–Crippen LogP) is 5.97. The monoisotopic (exact) mass is 441 g/mol. The molecule has 5 heteroatoms. The van der Waals surface area contributed by atoms with E-state index in [4.69, 9.17) is 14.2 Å². The summed E-state index contributed by atoms with van der Waals surface area (Å²) in [7, 11) is 3.32. The molecule has 0 saturated carbocycles. The molecule has 0 aromatic heterocycles. The first-order valence-electron chi connectivity index (χ1n) is 9.03. The van der Waals surface area contributed by atoms with Crippen molar-refractivity contribution >= 4 is 21.6 Å². The minimum atomic E-state index is 0.481. The lowest BCUT2D eigenvalue weighted by molar-refractivity contribution is 0.281. The molecule has 3 aromatic carbocycles. The van der Waals surface area contributed by atoms with Crippen LogP contribution in [0.4, 0.5) is 5.69 Å². The molecular weight excluding hydrogens is 418 g/mol. The van der Waals surface area contributed by atoms with Crippen LogP contribution in [-0.2, 0) is 13.2 Å². The Morgan fingerprint density at radius 2 is 1.64 bits per heavy atom. The zero-order valence-electron chi connectivity index (χ0n) is 16.3. The van der Waals surface area contributed by atoms with Crippen LogP contribution >= 0.6 is 15.9 Å². The number of halogens is 1. The summed E-state index contributed by atoms with van der Waals surface area (Å²) in [6, 6.07) is 19.9. The van der Waals surface area contributed by atoms with Gasteiger partial charge < -0.3 is 19.5 Å². The van der Waals surface area contributed by atoms with Gasteiger partial charge in [0.25, 0.3) is 0 Å². The highest BCUT2D eigenvalue weighted by Crippen LogP contribution is 2.37. The number of hydrogen-bond donors (Lipinski definition) is 1. The number of nitrogens with one attached hydrogen (secondary N) is 1. The Balaban J connectivity index is 1.81. The summed E-state index contributed by atoms with van der Waals surface area (Å²) in [5.41, 5.74) is 4.36. The number of anilines is 1. The van der Waals surface area contributed by atoms with E-state index < -0.39 is 0 Å². The van der Waals surface area contributed by atoms with E-state index >= 15 is 0 Å². The number of methoxy groups -OCH3 is 2. The summed E-state index contributed by atoms with van der Waals surface area (Å²) >= 11 is 3.65. The first-order chi connectivity index (χ1) is 13.6. The van der Waals surface area contributed by atoms with E-state index in [1.165, 1.54) is 5.56 Å². The molecule has 0 aliphatic rings. The van der Waals surface area contributed by atoms with Crippen molar-refractivity contribution in [2.24, 2.45) is 0 Å². The third-order valence-corrected chi connectivity index (χ3v) is 5.32. The standard InChI is InChI=1S/C23H24BrNO3/c1-16-6-4-5-7-17(16)15-28-23-20(21(24)12-13-22(23)27-3)14-25-18-8-10-19(26-2)11-9-18/h4-13,25H,14-15H2,1-3H3. The first kappa shape index (κ1) is 20.1. The van der Waals surface area contributed by atoms with E-state index in [1.807, 2.05) is 48.5 Å². The maximum atomic E-state index is 6.22. The van der Waals surface area contributed by atoms with Gasteiger partial charge in [-0.05, 0) is 54.4 Å². The van der Waals surface area contributed by atoms with E-state index in [0.717, 1.165) is 32.8 Å². The molecular formula is C23H24BrNO3. The topological polar surface area (TPSA) is 39.7 Å². The van der Waals surface area contributed by atoms with Crippen molar-refractivity contribution in [1.82, 2.24) is 0 Å². The normalized spacial score (nSPS) is 10.4. The lowest BCUT2D eigenvalue weighted by atomic mass is 10.1. The average molecular weight is 442 g/mol. The van der Waals surface area contributed by atoms with Gasteiger partial charge in [-0.15, -0.1) is 0 Å². The molecule has 0 atom stereocenters. The quantitative estimate of drug-likeness (QED) is 0.467. The Bertz CT molecular complexity index is 926. The van der Waals surface area contributed by atoms with Gasteiger partial charge in [-0.2, -0.15) is 0 Å². The molecule has 146 valence electrons. The van der Waals surface area contributed by atoms with Crippen molar-refractivity contribution in [3.63, 3.8) is 0 Å². The van der Waals surface area contributed by atoms with Crippen LogP contribution < -0.4 is 19.5 Å². The highest BCUT2D eigenvalue weighted by atomic mass is 79.9. The molecule has 3 rings (SSSR count). The fourth-order valence-electron chi connectivity index (χ4n) is 2.89. The lowest BCUT2D eigenvalue weighted by Crippen LogP contribution is -2.06. The van der Waals surface area contributed by atoms with Gasteiger partial charge in [0.05, 0.1) is 14.2 Å². The third-order valence-electron chi connectivity index (χ3n) is 4.58. The van der Waals surface area contributed by atoms with Gasteiger partial charge >= 0.3 is 0 Å². The maximum absolute atomic E-state index is 6.22. The van der Waals surface area contributed by atoms with Crippen molar-refractivity contribution < 1.29 is 14.2 Å². The Morgan fingerprint density at radius 1 is 0.893 bits per heavy atom. The summed E-state index contributed by atoms with van der Waals surface area (Å²) < 4.78 is 17.9. The molecule has 0 spiro atoms. The Labute approximate surface area is 174 Å². The zero-order valence-corrected chi connectivity index (χ0v) is 17.9. The summed E-state index contributed by atoms with van der Waals surface area (Å²) in [6.45, 7) is 3.16. The third kappa shape index (κ3) is 4.78. The van der Waals surface area contributed by atoms with Crippen LogP contribution in [0, 0.1) is 6.92 Å². The van der Waals surface area contributed by atoms with Gasteiger partial charge in [0, 0.05) is 22.3 Å². The van der Waals surface area contributed by atoms with E-state index in [0.29, 0.717) is 18.9 Å². The summed E-state index contributed by atoms with van der Waals surface area (Å²) in [5.74, 6) is 2.28. The van der Waals surface area contributed by atoms with Gasteiger partial charge in [-0.25, -0.2) is 0 Å². The molecule has 0 saturated heterocycles. The summed E-state index contributed by atoms with van der Waals surface area (Å²) in [6.07, 6.45) is 0. The zero-order chi connectivity index (χ0) is 19.9. The van der Waals surface area contributed by atoms with Crippen LogP contribution in [0.3, 0.4) is 0 Å². The molecule has 0 unspecified atom stereocenters. The number of benzene rings is 3. The number of aryl methyl sites for hydroxylation is 1. The highest BCUT2D eigenvalue weighted by molar-refractivity contribution is 9.10. The van der Waals surface area contributed by atoms with E-state index in [9.17, 15) is 0 Å². The number of rotatable bonds is 8. The molecule has 3 aromatic rings. The summed E-state index contributed by atoms with van der Waals surface area (Å²) in [4.78, 5) is 0. The first-order valence-corrected chi connectivity index (χ1v) is 9.82. The Hall–Kier alpha value is -2.66. The fraction of sp³-hybridized carbons (Fsp3) is 0.217. The van der Waals surface area contributed by atoms with Crippen LogP contribution in [-0.4, -0.2) is 14.2 Å². The highest BCUT2D eigenvalue weighted by Gasteiger charge is 2.15. The van der Waals surface area contributed by atoms with Crippen molar-refractivity contribution in [1.29, 1.82) is 0 Å². The fourth-order valence-corrected chi connectivity index (χ4v) is 3.34. The molecule has 28 heavy (non-hydrogen) atoms. The van der Waals surface area contributed by atoms with Gasteiger partial charge in [-0.3, -0.25) is 0 Å². The average Bonchev–Trinajstić information content (AvgIpc) is 2.73. The Kier molecular flexibility index (Phi) is 6.82. The van der Waals surface area contributed by atoms with Crippen molar-refractivity contribution in [2.45, 2.75) is 20.1 Å². The minimum Gasteiger partial charge on any atom is -0.497 e. The molecule has 0 aliphatic carbocycles. The van der Waals surface area contributed by atoms with Crippen LogP contribution in [0.1, 0.15) is 16.7 Å². The smallest absolute Gasteiger partial charge is 0.167 e. The van der Waals surface area contributed by atoms with Crippen molar-refractivity contribution in [3.05, 3.63) is 81.8 Å². The maximum Gasteiger partial charge on any atom is 0.167 e. The molecule has 0 aliphatic heterocycles. The van der Waals surface area contributed by atoms with Gasteiger partial charge in [0.2, 0.25) is 0 Å². The number of hydrogen-bond acceptors (Lipinski definition) is 4. The second-order valence-corrected chi connectivity index (χ2v) is 7.21.